The molecular formula is C18H14BN3OS. The van der Waals surface area contributed by atoms with Crippen LogP contribution in [0.3, 0.4) is 0 Å². The number of carbonyl (C=O) groups excluding carboxylic acids is 1. The van der Waals surface area contributed by atoms with Gasteiger partial charge in [0.15, 0.2) is 5.82 Å². The van der Waals surface area contributed by atoms with Crippen molar-refractivity contribution in [3.8, 4) is 11.3 Å². The van der Waals surface area contributed by atoms with E-state index in [0.29, 0.717) is 11.6 Å². The highest BCUT2D eigenvalue weighted by Gasteiger charge is 2.29. The van der Waals surface area contributed by atoms with Crippen molar-refractivity contribution < 1.29 is 4.79 Å². The van der Waals surface area contributed by atoms with Gasteiger partial charge in [-0.1, -0.05) is 60.1 Å². The average Bonchev–Trinajstić information content (AvgIpc) is 2.93. The van der Waals surface area contributed by atoms with Crippen molar-refractivity contribution in [3.05, 3.63) is 65.7 Å². The third-order valence-electron chi connectivity index (χ3n) is 4.01. The van der Waals surface area contributed by atoms with Gasteiger partial charge in [0.25, 0.3) is 0 Å². The second-order valence-electron chi connectivity index (χ2n) is 5.63. The molecule has 2 radical (unpaired) electrons. The van der Waals surface area contributed by atoms with Crippen molar-refractivity contribution in [1.82, 2.24) is 10.2 Å². The summed E-state index contributed by atoms with van der Waals surface area (Å²) in [4.78, 5) is 12.0. The smallest absolute Gasteiger partial charge is 0.235 e. The molecule has 2 N–H and O–H groups in total. The Kier molecular flexibility index (Phi) is 3.90. The number of thioether (sulfide) groups is 1. The van der Waals surface area contributed by atoms with E-state index >= 15 is 0 Å². The predicted octanol–water partition coefficient (Wildman–Crippen LogP) is 2.65. The quantitative estimate of drug-likeness (QED) is 0.710. The molecule has 24 heavy (non-hydrogen) atoms. The number of rotatable bonds is 2. The van der Waals surface area contributed by atoms with Crippen LogP contribution in [0.1, 0.15) is 16.4 Å². The Hall–Kier alpha value is -2.47. The largest absolute Gasteiger partial charge is 0.308 e. The summed E-state index contributed by atoms with van der Waals surface area (Å²) in [5.41, 5.74) is 4.81. The number of benzene rings is 2. The van der Waals surface area contributed by atoms with Crippen molar-refractivity contribution in [3.63, 3.8) is 0 Å². The molecular weight excluding hydrogens is 317 g/mol. The van der Waals surface area contributed by atoms with Gasteiger partial charge < -0.3 is 5.32 Å². The van der Waals surface area contributed by atoms with E-state index in [-0.39, 0.29) is 11.2 Å². The lowest BCUT2D eigenvalue weighted by molar-refractivity contribution is -0.113. The molecule has 1 aromatic heterocycles. The third-order valence-corrected chi connectivity index (χ3v) is 5.28. The molecule has 0 aliphatic carbocycles. The molecule has 4 rings (SSSR count). The molecule has 1 unspecified atom stereocenters. The number of nitrogens with one attached hydrogen (secondary N) is 2. The molecule has 0 fully saturated rings. The normalized spacial score (nSPS) is 17.0. The number of anilines is 1. The first-order valence-electron chi connectivity index (χ1n) is 7.63. The molecule has 0 spiro atoms. The monoisotopic (exact) mass is 331 g/mol. The Labute approximate surface area is 145 Å². The zero-order chi connectivity index (χ0) is 16.5. The molecule has 2 heterocycles. The second kappa shape index (κ2) is 6.21. The number of fused-ring (bicyclic) bond motifs is 1. The highest BCUT2D eigenvalue weighted by Crippen LogP contribution is 2.44. The SMILES string of the molecule is [B]c1ccc(C2SCC(=O)Nc3n[nH]c(-c4ccccc4)c32)cc1. The summed E-state index contributed by atoms with van der Waals surface area (Å²) in [7, 11) is 5.81. The van der Waals surface area contributed by atoms with E-state index in [2.05, 4.69) is 15.5 Å². The summed E-state index contributed by atoms with van der Waals surface area (Å²) >= 11 is 1.59. The number of hydrogen-bond acceptors (Lipinski definition) is 3. The Morgan fingerprint density at radius 3 is 2.58 bits per heavy atom. The maximum atomic E-state index is 12.0. The van der Waals surface area contributed by atoms with E-state index in [9.17, 15) is 4.79 Å². The van der Waals surface area contributed by atoms with Gasteiger partial charge in [0.05, 0.1) is 16.7 Å². The van der Waals surface area contributed by atoms with E-state index in [1.165, 1.54) is 0 Å². The minimum absolute atomic E-state index is 0.00788. The van der Waals surface area contributed by atoms with Crippen LogP contribution in [0, 0.1) is 0 Å². The highest BCUT2D eigenvalue weighted by molar-refractivity contribution is 8.00. The lowest BCUT2D eigenvalue weighted by Gasteiger charge is -2.16. The number of amides is 1. The molecule has 3 aromatic rings. The first-order chi connectivity index (χ1) is 11.7. The van der Waals surface area contributed by atoms with Crippen LogP contribution >= 0.6 is 11.8 Å². The van der Waals surface area contributed by atoms with Gasteiger partial charge in [-0.3, -0.25) is 9.89 Å². The van der Waals surface area contributed by atoms with Crippen LogP contribution < -0.4 is 10.8 Å². The number of H-pyrrole nitrogens is 1. The van der Waals surface area contributed by atoms with Crippen LogP contribution in [0.4, 0.5) is 5.82 Å². The van der Waals surface area contributed by atoms with Crippen LogP contribution in [-0.2, 0) is 4.79 Å². The highest BCUT2D eigenvalue weighted by atomic mass is 32.2. The summed E-state index contributed by atoms with van der Waals surface area (Å²) in [5.74, 6) is 0.954. The minimum atomic E-state index is -0.0368. The van der Waals surface area contributed by atoms with E-state index in [4.69, 9.17) is 7.85 Å². The molecule has 0 bridgehead atoms. The van der Waals surface area contributed by atoms with Gasteiger partial charge in [0.2, 0.25) is 5.91 Å². The second-order valence-corrected chi connectivity index (χ2v) is 6.73. The summed E-state index contributed by atoms with van der Waals surface area (Å²) < 4.78 is 0. The van der Waals surface area contributed by atoms with Gasteiger partial charge in [-0.15, -0.1) is 11.8 Å². The molecule has 0 saturated heterocycles. The summed E-state index contributed by atoms with van der Waals surface area (Å²) in [6.07, 6.45) is 0. The topological polar surface area (TPSA) is 57.8 Å². The molecule has 1 atom stereocenters. The van der Waals surface area contributed by atoms with Gasteiger partial charge in [-0.25, -0.2) is 0 Å². The molecule has 1 aliphatic rings. The standard InChI is InChI=1S/C18H14BN3OS/c19-13-8-6-12(7-9-13)17-15-16(11-4-2-1-3-5-11)21-22-18(15)20-14(23)10-24-17/h1-9,17H,10H2,(H2,20,21,22,23). The molecule has 2 aromatic carbocycles. The summed E-state index contributed by atoms with van der Waals surface area (Å²) in [6, 6.07) is 17.8. The van der Waals surface area contributed by atoms with Crippen LogP contribution in [-0.4, -0.2) is 29.7 Å². The van der Waals surface area contributed by atoms with Gasteiger partial charge in [0.1, 0.15) is 7.85 Å². The van der Waals surface area contributed by atoms with Crippen molar-refractivity contribution in [2.24, 2.45) is 0 Å². The minimum Gasteiger partial charge on any atom is -0.308 e. The van der Waals surface area contributed by atoms with Crippen LogP contribution in [0.2, 0.25) is 0 Å². The number of carbonyl (C=O) groups is 1. The number of aromatic amines is 1. The van der Waals surface area contributed by atoms with Crippen molar-refractivity contribution in [1.29, 1.82) is 0 Å². The zero-order valence-corrected chi connectivity index (χ0v) is 13.6. The van der Waals surface area contributed by atoms with Gasteiger partial charge in [-0.2, -0.15) is 5.10 Å². The fourth-order valence-electron chi connectivity index (χ4n) is 2.87. The Balaban J connectivity index is 1.87. The van der Waals surface area contributed by atoms with Gasteiger partial charge in [0, 0.05) is 5.56 Å². The molecule has 1 aliphatic heterocycles. The van der Waals surface area contributed by atoms with Crippen LogP contribution in [0.25, 0.3) is 11.3 Å². The van der Waals surface area contributed by atoms with E-state index in [1.807, 2.05) is 54.6 Å². The van der Waals surface area contributed by atoms with E-state index in [1.54, 1.807) is 11.8 Å². The summed E-state index contributed by atoms with van der Waals surface area (Å²) in [6.45, 7) is 0. The van der Waals surface area contributed by atoms with Crippen molar-refractivity contribution >= 4 is 36.8 Å². The molecule has 0 saturated carbocycles. The predicted molar refractivity (Wildman–Crippen MR) is 98.8 cm³/mol. The maximum absolute atomic E-state index is 12.0. The molecule has 6 heteroatoms. The van der Waals surface area contributed by atoms with E-state index in [0.717, 1.165) is 27.8 Å². The summed E-state index contributed by atoms with van der Waals surface area (Å²) in [5, 5.41) is 10.3. The lowest BCUT2D eigenvalue weighted by atomic mass is 9.93. The fourth-order valence-corrected chi connectivity index (χ4v) is 4.01. The Morgan fingerprint density at radius 1 is 1.08 bits per heavy atom. The van der Waals surface area contributed by atoms with Crippen LogP contribution in [0.15, 0.2) is 54.6 Å². The van der Waals surface area contributed by atoms with Crippen LogP contribution in [0.5, 0.6) is 0 Å². The van der Waals surface area contributed by atoms with Crippen molar-refractivity contribution in [2.75, 3.05) is 11.1 Å². The number of aromatic nitrogens is 2. The lowest BCUT2D eigenvalue weighted by Crippen LogP contribution is -2.12. The number of hydrogen-bond donors (Lipinski definition) is 2. The zero-order valence-electron chi connectivity index (χ0n) is 12.8. The Morgan fingerprint density at radius 2 is 1.83 bits per heavy atom. The first kappa shape index (κ1) is 15.1. The fraction of sp³-hybridized carbons (Fsp3) is 0.111. The van der Waals surface area contributed by atoms with Crippen molar-refractivity contribution in [2.45, 2.75) is 5.25 Å². The molecule has 1 amide bonds. The van der Waals surface area contributed by atoms with Gasteiger partial charge in [-0.05, 0) is 11.1 Å². The Bertz CT molecular complexity index is 877. The first-order valence-corrected chi connectivity index (χ1v) is 8.68. The molecule has 4 nitrogen and oxygen atoms in total. The third kappa shape index (κ3) is 2.74. The maximum Gasteiger partial charge on any atom is 0.235 e. The van der Waals surface area contributed by atoms with E-state index < -0.39 is 0 Å². The molecule has 116 valence electrons. The van der Waals surface area contributed by atoms with Gasteiger partial charge >= 0.3 is 0 Å². The number of nitrogens with zero attached hydrogens (tertiary/aromatic N) is 1. The average molecular weight is 331 g/mol.